The summed E-state index contributed by atoms with van der Waals surface area (Å²) in [5, 5.41) is 24.7. The number of rotatable bonds is 11. The molecule has 4 unspecified atom stereocenters. The Morgan fingerprint density at radius 3 is 1.89 bits per heavy atom. The van der Waals surface area contributed by atoms with Crippen LogP contribution in [0.1, 0.15) is 42.6 Å². The number of carbonyl (C=O) groups excluding carboxylic acids is 4. The summed E-state index contributed by atoms with van der Waals surface area (Å²) >= 11 is 1.33. The summed E-state index contributed by atoms with van der Waals surface area (Å²) in [7, 11) is 1.71. The monoisotopic (exact) mass is 551 g/mol. The van der Waals surface area contributed by atoms with Gasteiger partial charge in [-0.05, 0) is 24.8 Å². The fourth-order valence-electron chi connectivity index (χ4n) is 4.94. The second kappa shape index (κ2) is 12.8. The van der Waals surface area contributed by atoms with E-state index in [1.165, 1.54) is 21.6 Å². The number of nitrogens with zero attached hydrogens (tertiary/aromatic N) is 3. The van der Waals surface area contributed by atoms with E-state index in [4.69, 9.17) is 0 Å². The van der Waals surface area contributed by atoms with E-state index < -0.39 is 47.9 Å². The molecule has 0 spiro atoms. The SMILES string of the molecule is CSCC(=O)NC1CC(C(=O)O)N(C(=O)CCCC(=O)N2CC(NC(=O)c3cccn3C)CC2C(=O)O)C1. The number of hydrogen-bond donors (Lipinski definition) is 4. The molecule has 1 aromatic rings. The van der Waals surface area contributed by atoms with E-state index in [0.717, 1.165) is 0 Å². The van der Waals surface area contributed by atoms with Crippen LogP contribution >= 0.6 is 11.8 Å². The first-order valence-electron chi connectivity index (χ1n) is 12.3. The molecule has 4 amide bonds. The van der Waals surface area contributed by atoms with E-state index >= 15 is 0 Å². The molecule has 1 aromatic heterocycles. The lowest BCUT2D eigenvalue weighted by Crippen LogP contribution is -2.42. The number of thioether (sulfide) groups is 1. The number of aryl methyl sites for hydroxylation is 1. The van der Waals surface area contributed by atoms with Crippen LogP contribution < -0.4 is 10.6 Å². The van der Waals surface area contributed by atoms with E-state index in [1.807, 2.05) is 0 Å². The van der Waals surface area contributed by atoms with Gasteiger partial charge in [0.1, 0.15) is 17.8 Å². The molecule has 38 heavy (non-hydrogen) atoms. The molecule has 2 saturated heterocycles. The maximum Gasteiger partial charge on any atom is 0.326 e. The first kappa shape index (κ1) is 29.0. The van der Waals surface area contributed by atoms with Crippen LogP contribution in [-0.2, 0) is 31.0 Å². The minimum Gasteiger partial charge on any atom is -0.480 e. The molecule has 2 aliphatic rings. The Labute approximate surface area is 223 Å². The Morgan fingerprint density at radius 2 is 1.45 bits per heavy atom. The van der Waals surface area contributed by atoms with Gasteiger partial charge in [-0.3, -0.25) is 19.2 Å². The van der Waals surface area contributed by atoms with Crippen LogP contribution in [0.4, 0.5) is 0 Å². The molecule has 0 aromatic carbocycles. The van der Waals surface area contributed by atoms with E-state index in [9.17, 15) is 39.0 Å². The molecule has 0 radical (unpaired) electrons. The van der Waals surface area contributed by atoms with Crippen molar-refractivity contribution >= 4 is 47.3 Å². The lowest BCUT2D eigenvalue weighted by Gasteiger charge is -2.23. The van der Waals surface area contributed by atoms with Gasteiger partial charge in [0.15, 0.2) is 0 Å². The molecule has 0 saturated carbocycles. The fourth-order valence-corrected chi connectivity index (χ4v) is 5.28. The molecular weight excluding hydrogens is 518 g/mol. The highest BCUT2D eigenvalue weighted by Crippen LogP contribution is 2.23. The third kappa shape index (κ3) is 7.05. The van der Waals surface area contributed by atoms with Crippen LogP contribution in [0.5, 0.6) is 0 Å². The molecule has 3 heterocycles. The number of carbonyl (C=O) groups is 6. The van der Waals surface area contributed by atoms with Gasteiger partial charge in [0.2, 0.25) is 17.7 Å². The maximum absolute atomic E-state index is 12.9. The molecule has 13 nitrogen and oxygen atoms in total. The average Bonchev–Trinajstić information content (AvgIpc) is 3.57. The van der Waals surface area contributed by atoms with Crippen LogP contribution in [0.2, 0.25) is 0 Å². The molecule has 2 fully saturated rings. The predicted molar refractivity (Wildman–Crippen MR) is 136 cm³/mol. The van der Waals surface area contributed by atoms with Gasteiger partial charge in [-0.2, -0.15) is 11.8 Å². The lowest BCUT2D eigenvalue weighted by molar-refractivity contribution is -0.149. The minimum absolute atomic E-state index is 0.0323. The molecule has 4 atom stereocenters. The summed E-state index contributed by atoms with van der Waals surface area (Å²) in [6.45, 7) is 0.101. The van der Waals surface area contributed by atoms with Crippen molar-refractivity contribution in [1.29, 1.82) is 0 Å². The summed E-state index contributed by atoms with van der Waals surface area (Å²) in [5.74, 6) is -3.62. The Balaban J connectivity index is 1.52. The van der Waals surface area contributed by atoms with E-state index in [-0.39, 0.29) is 62.8 Å². The first-order chi connectivity index (χ1) is 18.0. The van der Waals surface area contributed by atoms with Gasteiger partial charge in [-0.25, -0.2) is 9.59 Å². The zero-order chi connectivity index (χ0) is 28.0. The number of hydrogen-bond acceptors (Lipinski definition) is 7. The smallest absolute Gasteiger partial charge is 0.326 e. The normalized spacial score (nSPS) is 22.8. The Hall–Kier alpha value is -3.55. The van der Waals surface area contributed by atoms with Crippen LogP contribution in [0, 0.1) is 0 Å². The zero-order valence-electron chi connectivity index (χ0n) is 21.3. The number of likely N-dealkylation sites (tertiary alicyclic amines) is 2. The summed E-state index contributed by atoms with van der Waals surface area (Å²) in [6, 6.07) is 0.171. The summed E-state index contributed by atoms with van der Waals surface area (Å²) in [6.07, 6.45) is 3.55. The fraction of sp³-hybridized carbons (Fsp3) is 0.583. The predicted octanol–water partition coefficient (Wildman–Crippen LogP) is -0.487. The minimum atomic E-state index is -1.18. The van der Waals surface area contributed by atoms with Gasteiger partial charge >= 0.3 is 11.9 Å². The molecule has 14 heteroatoms. The molecule has 0 bridgehead atoms. The molecule has 2 aliphatic heterocycles. The summed E-state index contributed by atoms with van der Waals surface area (Å²) < 4.78 is 1.63. The van der Waals surface area contributed by atoms with Gasteiger partial charge in [0.25, 0.3) is 5.91 Å². The number of carboxylic acid groups (broad SMARTS) is 2. The highest BCUT2D eigenvalue weighted by atomic mass is 32.2. The van der Waals surface area contributed by atoms with E-state index in [2.05, 4.69) is 10.6 Å². The van der Waals surface area contributed by atoms with Crippen molar-refractivity contribution in [2.75, 3.05) is 25.1 Å². The first-order valence-corrected chi connectivity index (χ1v) is 13.7. The molecule has 0 aliphatic carbocycles. The van der Waals surface area contributed by atoms with Crippen LogP contribution in [0.15, 0.2) is 18.3 Å². The second-order valence-electron chi connectivity index (χ2n) is 9.50. The Kier molecular flexibility index (Phi) is 9.78. The number of aromatic nitrogens is 1. The molecule has 208 valence electrons. The quantitative estimate of drug-likeness (QED) is 0.282. The molecular formula is C24H33N5O8S. The Morgan fingerprint density at radius 1 is 0.921 bits per heavy atom. The van der Waals surface area contributed by atoms with Crippen molar-refractivity contribution in [3.05, 3.63) is 24.0 Å². The zero-order valence-corrected chi connectivity index (χ0v) is 22.1. The van der Waals surface area contributed by atoms with Gasteiger partial charge in [-0.1, -0.05) is 0 Å². The third-order valence-corrected chi connectivity index (χ3v) is 7.30. The van der Waals surface area contributed by atoms with Crippen molar-refractivity contribution in [3.8, 4) is 0 Å². The van der Waals surface area contributed by atoms with Gasteiger partial charge < -0.3 is 35.2 Å². The maximum atomic E-state index is 12.9. The van der Waals surface area contributed by atoms with Crippen molar-refractivity contribution < 1.29 is 39.0 Å². The van der Waals surface area contributed by atoms with Crippen molar-refractivity contribution in [2.45, 2.75) is 56.3 Å². The molecule has 4 N–H and O–H groups in total. The topological polar surface area (TPSA) is 178 Å². The number of nitrogens with one attached hydrogen (secondary N) is 2. The van der Waals surface area contributed by atoms with Crippen molar-refractivity contribution in [3.63, 3.8) is 0 Å². The number of carboxylic acids is 2. The van der Waals surface area contributed by atoms with E-state index in [1.54, 1.807) is 36.2 Å². The average molecular weight is 552 g/mol. The van der Waals surface area contributed by atoms with Crippen molar-refractivity contribution in [1.82, 2.24) is 25.0 Å². The summed E-state index contributed by atoms with van der Waals surface area (Å²) in [5.41, 5.74) is 0.410. The lowest BCUT2D eigenvalue weighted by atomic mass is 10.1. The second-order valence-corrected chi connectivity index (χ2v) is 10.4. The third-order valence-electron chi connectivity index (χ3n) is 6.75. The Bertz CT molecular complexity index is 1090. The van der Waals surface area contributed by atoms with Crippen LogP contribution in [-0.4, -0.2) is 109 Å². The van der Waals surface area contributed by atoms with Gasteiger partial charge in [0.05, 0.1) is 5.75 Å². The van der Waals surface area contributed by atoms with E-state index in [0.29, 0.717) is 5.69 Å². The van der Waals surface area contributed by atoms with Gasteiger partial charge in [0, 0.05) is 64.1 Å². The standard InChI is InChI=1S/C24H33N5O8S/c1-27-8-4-5-16(27)22(33)26-15-10-18(24(36)37)29(12-15)21(32)7-3-6-20(31)28-11-14(9-17(28)23(34)35)25-19(30)13-38-2/h4-5,8,14-15,17-18H,3,6-7,9-13H2,1-2H3,(H,25,30)(H,26,33)(H,34,35)(H,36,37). The number of amides is 4. The largest absolute Gasteiger partial charge is 0.480 e. The van der Waals surface area contributed by atoms with Crippen molar-refractivity contribution in [2.24, 2.45) is 7.05 Å². The summed E-state index contributed by atoms with van der Waals surface area (Å²) in [4.78, 5) is 75.9. The van der Waals surface area contributed by atoms with Crippen LogP contribution in [0.3, 0.4) is 0 Å². The molecule has 3 rings (SSSR count). The number of aliphatic carboxylic acids is 2. The highest BCUT2D eigenvalue weighted by molar-refractivity contribution is 7.99. The van der Waals surface area contributed by atoms with Crippen LogP contribution in [0.25, 0.3) is 0 Å². The van der Waals surface area contributed by atoms with Gasteiger partial charge in [-0.15, -0.1) is 0 Å². The highest BCUT2D eigenvalue weighted by Gasteiger charge is 2.41.